The molecule has 0 radical (unpaired) electrons. The van der Waals surface area contributed by atoms with Crippen molar-refractivity contribution in [2.24, 2.45) is 0 Å². The van der Waals surface area contributed by atoms with Crippen LogP contribution in [-0.2, 0) is 22.6 Å². The Balaban J connectivity index is 1.25. The number of rotatable bonds is 15. The Kier molecular flexibility index (Phi) is 12.9. The molecular weight excluding hydrogens is 713 g/mol. The zero-order chi connectivity index (χ0) is 37.2. The van der Waals surface area contributed by atoms with E-state index < -0.39 is 18.0 Å². The third-order valence-corrected chi connectivity index (χ3v) is 9.92. The van der Waals surface area contributed by atoms with Crippen molar-refractivity contribution in [3.8, 4) is 5.69 Å². The van der Waals surface area contributed by atoms with Crippen molar-refractivity contribution in [2.45, 2.75) is 83.0 Å². The van der Waals surface area contributed by atoms with E-state index in [2.05, 4.69) is 38.2 Å². The molecule has 0 saturated heterocycles. The lowest BCUT2D eigenvalue weighted by Gasteiger charge is -2.35. The Hall–Kier alpha value is -5.07. The van der Waals surface area contributed by atoms with Gasteiger partial charge in [-0.1, -0.05) is 109 Å². The van der Waals surface area contributed by atoms with E-state index in [0.29, 0.717) is 46.4 Å². The highest BCUT2D eigenvalue weighted by molar-refractivity contribution is 6.30. The molecule has 1 aliphatic rings. The molecule has 2 atom stereocenters. The van der Waals surface area contributed by atoms with Crippen molar-refractivity contribution in [3.05, 3.63) is 124 Å². The topological polar surface area (TPSA) is 140 Å². The van der Waals surface area contributed by atoms with Gasteiger partial charge in [0.1, 0.15) is 17.8 Å². The maximum Gasteiger partial charge on any atom is 0.273 e. The highest BCUT2D eigenvalue weighted by Crippen LogP contribution is 2.29. The maximum atomic E-state index is 15.0. The zero-order valence-electron chi connectivity index (χ0n) is 29.6. The van der Waals surface area contributed by atoms with Crippen LogP contribution in [0.1, 0.15) is 91.3 Å². The molecule has 2 unspecified atom stereocenters. The van der Waals surface area contributed by atoms with Gasteiger partial charge in [-0.3, -0.25) is 14.4 Å². The summed E-state index contributed by atoms with van der Waals surface area (Å²) in [4.78, 5) is 43.9. The minimum atomic E-state index is -0.880. The summed E-state index contributed by atoms with van der Waals surface area (Å²) in [5.41, 5.74) is 2.87. The number of nitrogens with zero attached hydrogens (tertiary/aromatic N) is 7. The average molecular weight is 757 g/mol. The number of benzene rings is 3. The minimum Gasteiger partial charge on any atom is -0.351 e. The third-order valence-electron chi connectivity index (χ3n) is 9.41. The average Bonchev–Trinajstić information content (AvgIpc) is 3.87. The fourth-order valence-electron chi connectivity index (χ4n) is 6.56. The quantitative estimate of drug-likeness (QED) is 0.121. The van der Waals surface area contributed by atoms with E-state index in [1.807, 2.05) is 42.5 Å². The molecule has 276 valence electrons. The van der Waals surface area contributed by atoms with Gasteiger partial charge in [-0.25, -0.2) is 9.36 Å². The van der Waals surface area contributed by atoms with Crippen molar-refractivity contribution in [2.75, 3.05) is 6.54 Å². The molecule has 1 saturated carbocycles. The molecular formula is C39H43Cl2N9O3. The first kappa shape index (κ1) is 37.7. The predicted octanol–water partition coefficient (Wildman–Crippen LogP) is 6.70. The van der Waals surface area contributed by atoms with Crippen LogP contribution in [0, 0.1) is 0 Å². The molecule has 12 nitrogen and oxygen atoms in total. The fourth-order valence-corrected chi connectivity index (χ4v) is 6.81. The van der Waals surface area contributed by atoms with E-state index in [-0.39, 0.29) is 30.1 Å². The molecule has 2 aromatic heterocycles. The normalized spacial score (nSPS) is 14.3. The van der Waals surface area contributed by atoms with Crippen LogP contribution in [0.25, 0.3) is 5.69 Å². The van der Waals surface area contributed by atoms with Gasteiger partial charge in [0.15, 0.2) is 5.69 Å². The van der Waals surface area contributed by atoms with E-state index in [1.165, 1.54) is 15.6 Å². The Labute approximate surface area is 318 Å². The van der Waals surface area contributed by atoms with Gasteiger partial charge in [0, 0.05) is 29.1 Å². The van der Waals surface area contributed by atoms with Crippen LogP contribution >= 0.6 is 23.2 Å². The number of halogens is 2. The van der Waals surface area contributed by atoms with E-state index in [4.69, 9.17) is 23.2 Å². The number of carbonyl (C=O) groups is 3. The van der Waals surface area contributed by atoms with E-state index in [1.54, 1.807) is 47.5 Å². The molecule has 5 aromatic rings. The molecule has 0 bridgehead atoms. The smallest absolute Gasteiger partial charge is 0.273 e. The Bertz CT molecular complexity index is 1960. The molecule has 3 amide bonds. The highest BCUT2D eigenvalue weighted by Gasteiger charge is 2.37. The molecule has 53 heavy (non-hydrogen) atoms. The second-order valence-corrected chi connectivity index (χ2v) is 14.2. The summed E-state index contributed by atoms with van der Waals surface area (Å²) in [6.45, 7) is 2.45. The van der Waals surface area contributed by atoms with Crippen LogP contribution in [-0.4, -0.2) is 65.2 Å². The van der Waals surface area contributed by atoms with Gasteiger partial charge >= 0.3 is 0 Å². The van der Waals surface area contributed by atoms with E-state index in [0.717, 1.165) is 44.1 Å². The summed E-state index contributed by atoms with van der Waals surface area (Å²) in [5.74, 6) is -0.922. The number of hydrogen-bond acceptors (Lipinski definition) is 7. The molecule has 2 heterocycles. The number of amides is 3. The number of aromatic nitrogens is 6. The molecule has 3 aromatic carbocycles. The minimum absolute atomic E-state index is 0.0373. The number of carbonyl (C=O) groups excluding carboxylic acids is 3. The van der Waals surface area contributed by atoms with Crippen LogP contribution < -0.4 is 10.6 Å². The first-order chi connectivity index (χ1) is 25.8. The molecule has 14 heteroatoms. The van der Waals surface area contributed by atoms with Gasteiger partial charge in [-0.2, -0.15) is 0 Å². The number of hydrogen-bond donors (Lipinski definition) is 2. The summed E-state index contributed by atoms with van der Waals surface area (Å²) in [6.07, 6.45) is 10.1. The van der Waals surface area contributed by atoms with Crippen LogP contribution in [0.15, 0.2) is 91.3 Å². The molecule has 0 aliphatic heterocycles. The number of nitrogens with one attached hydrogen (secondary N) is 2. The van der Waals surface area contributed by atoms with Crippen molar-refractivity contribution in [1.29, 1.82) is 0 Å². The fraction of sp³-hybridized carbons (Fsp3) is 0.359. The molecule has 6 rings (SSSR count). The highest BCUT2D eigenvalue weighted by atomic mass is 35.5. The van der Waals surface area contributed by atoms with Crippen molar-refractivity contribution >= 4 is 40.9 Å². The van der Waals surface area contributed by atoms with Crippen LogP contribution in [0.2, 0.25) is 10.0 Å². The largest absolute Gasteiger partial charge is 0.351 e. The monoisotopic (exact) mass is 755 g/mol. The van der Waals surface area contributed by atoms with Crippen molar-refractivity contribution in [3.63, 3.8) is 0 Å². The Morgan fingerprint density at radius 3 is 2.26 bits per heavy atom. The summed E-state index contributed by atoms with van der Waals surface area (Å²) in [7, 11) is 0. The predicted molar refractivity (Wildman–Crippen MR) is 203 cm³/mol. The first-order valence-electron chi connectivity index (χ1n) is 18.1. The summed E-state index contributed by atoms with van der Waals surface area (Å²) in [5, 5.41) is 24.0. The van der Waals surface area contributed by atoms with Crippen LogP contribution in [0.5, 0.6) is 0 Å². The Morgan fingerprint density at radius 2 is 1.57 bits per heavy atom. The van der Waals surface area contributed by atoms with Crippen LogP contribution in [0.4, 0.5) is 0 Å². The lowest BCUT2D eigenvalue weighted by Crippen LogP contribution is -2.49. The Morgan fingerprint density at radius 1 is 0.868 bits per heavy atom. The third kappa shape index (κ3) is 9.88. The lowest BCUT2D eigenvalue weighted by atomic mass is 9.94. The van der Waals surface area contributed by atoms with Gasteiger partial charge < -0.3 is 15.5 Å². The van der Waals surface area contributed by atoms with Gasteiger partial charge in [-0.15, -0.1) is 10.2 Å². The van der Waals surface area contributed by atoms with E-state index >= 15 is 0 Å². The van der Waals surface area contributed by atoms with Crippen molar-refractivity contribution in [1.82, 2.24) is 45.5 Å². The zero-order valence-corrected chi connectivity index (χ0v) is 31.1. The summed E-state index contributed by atoms with van der Waals surface area (Å²) in [6, 6.07) is 22.2. The van der Waals surface area contributed by atoms with Gasteiger partial charge in [0.2, 0.25) is 11.8 Å². The SMILES string of the molecule is CCCCN(C(=O)C(Cc1ccccc1)n1cc(CNC(=O)c2cn(-c3ccc(Cl)cc3)nn2)nn1)C(C(=O)NC1CCCCC1)c1ccc(Cl)cc1. The van der Waals surface area contributed by atoms with Crippen molar-refractivity contribution < 1.29 is 14.4 Å². The summed E-state index contributed by atoms with van der Waals surface area (Å²) >= 11 is 12.3. The van der Waals surface area contributed by atoms with E-state index in [9.17, 15) is 14.4 Å². The maximum absolute atomic E-state index is 15.0. The van der Waals surface area contributed by atoms with Crippen LogP contribution in [0.3, 0.4) is 0 Å². The first-order valence-corrected chi connectivity index (χ1v) is 18.8. The second kappa shape index (κ2) is 18.1. The molecule has 2 N–H and O–H groups in total. The summed E-state index contributed by atoms with van der Waals surface area (Å²) < 4.78 is 3.02. The van der Waals surface area contributed by atoms with Gasteiger partial charge in [0.05, 0.1) is 24.6 Å². The second-order valence-electron chi connectivity index (χ2n) is 13.3. The number of unbranched alkanes of at least 4 members (excludes halogenated alkanes) is 1. The van der Waals surface area contributed by atoms with Gasteiger partial charge in [0.25, 0.3) is 5.91 Å². The molecule has 1 aliphatic carbocycles. The lowest BCUT2D eigenvalue weighted by molar-refractivity contribution is -0.144. The standard InChI is InChI=1S/C39H43Cl2N9O3/c1-2-3-22-48(36(28-14-16-29(40)17-15-28)38(52)43-31-12-8-5-9-13-31)39(53)35(23-27-10-6-4-7-11-27)50-25-32(44-46-50)24-42-37(51)34-26-49(47-45-34)33-20-18-30(41)19-21-33/h4,6-7,10-11,14-21,25-26,31,35-36H,2-3,5,8-9,12-13,22-24H2,1H3,(H,42,51)(H,43,52). The molecule has 0 spiro atoms. The van der Waals surface area contributed by atoms with Gasteiger partial charge in [-0.05, 0) is 66.8 Å². The molecule has 1 fully saturated rings.